The summed E-state index contributed by atoms with van der Waals surface area (Å²) >= 11 is 0. The lowest BCUT2D eigenvalue weighted by atomic mass is 10.0. The standard InChI is InChI=1S/C25H31N3O3/c1-16(2)19-8-6-10-22(12-19)28-15-20(13-23(28)29)25(31)26-14-18-7-5-9-21(11-18)27-24(30)17(3)4/h5-12,16-17,20H,13-15H2,1-4H3,(H,26,31)(H,27,30)/t20-/m1/s1. The second-order valence-electron chi connectivity index (χ2n) is 8.72. The highest BCUT2D eigenvalue weighted by molar-refractivity contribution is 6.00. The molecule has 2 aromatic carbocycles. The number of amides is 3. The van der Waals surface area contributed by atoms with E-state index in [2.05, 4.69) is 30.5 Å². The molecular formula is C25H31N3O3. The van der Waals surface area contributed by atoms with Crippen LogP contribution >= 0.6 is 0 Å². The Bertz CT molecular complexity index is 968. The molecular weight excluding hydrogens is 390 g/mol. The van der Waals surface area contributed by atoms with E-state index in [1.54, 1.807) is 4.90 Å². The van der Waals surface area contributed by atoms with Crippen LogP contribution in [0.15, 0.2) is 48.5 Å². The molecule has 1 fully saturated rings. The van der Waals surface area contributed by atoms with E-state index in [0.29, 0.717) is 24.7 Å². The fourth-order valence-electron chi connectivity index (χ4n) is 3.56. The molecule has 2 N–H and O–H groups in total. The molecule has 1 atom stereocenters. The molecule has 3 amide bonds. The van der Waals surface area contributed by atoms with Gasteiger partial charge in [-0.3, -0.25) is 14.4 Å². The van der Waals surface area contributed by atoms with Crippen LogP contribution in [0.4, 0.5) is 11.4 Å². The lowest BCUT2D eigenvalue weighted by Gasteiger charge is -2.18. The molecule has 6 heteroatoms. The normalized spacial score (nSPS) is 16.1. The van der Waals surface area contributed by atoms with Crippen LogP contribution < -0.4 is 15.5 Å². The van der Waals surface area contributed by atoms with Gasteiger partial charge in [0.2, 0.25) is 17.7 Å². The van der Waals surface area contributed by atoms with Gasteiger partial charge in [0.15, 0.2) is 0 Å². The summed E-state index contributed by atoms with van der Waals surface area (Å²) in [5.74, 6) is -0.316. The molecule has 0 unspecified atom stereocenters. The van der Waals surface area contributed by atoms with Gasteiger partial charge >= 0.3 is 0 Å². The summed E-state index contributed by atoms with van der Waals surface area (Å²) in [6.45, 7) is 8.64. The maximum absolute atomic E-state index is 12.7. The predicted molar refractivity (Wildman–Crippen MR) is 123 cm³/mol. The summed E-state index contributed by atoms with van der Waals surface area (Å²) in [6, 6.07) is 15.4. The van der Waals surface area contributed by atoms with Crippen LogP contribution in [0.3, 0.4) is 0 Å². The van der Waals surface area contributed by atoms with Gasteiger partial charge in [-0.2, -0.15) is 0 Å². The largest absolute Gasteiger partial charge is 0.352 e. The number of hydrogen-bond acceptors (Lipinski definition) is 3. The third-order valence-electron chi connectivity index (χ3n) is 5.53. The van der Waals surface area contributed by atoms with Crippen molar-refractivity contribution in [2.45, 2.75) is 46.6 Å². The summed E-state index contributed by atoms with van der Waals surface area (Å²) in [4.78, 5) is 38.9. The van der Waals surface area contributed by atoms with Crippen LogP contribution in [0.2, 0.25) is 0 Å². The number of carbonyl (C=O) groups is 3. The van der Waals surface area contributed by atoms with Gasteiger partial charge in [0, 0.05) is 36.8 Å². The van der Waals surface area contributed by atoms with E-state index in [4.69, 9.17) is 0 Å². The van der Waals surface area contributed by atoms with Gasteiger partial charge in [-0.25, -0.2) is 0 Å². The van der Waals surface area contributed by atoms with Gasteiger partial charge in [-0.1, -0.05) is 52.0 Å². The fourth-order valence-corrected chi connectivity index (χ4v) is 3.56. The molecule has 6 nitrogen and oxygen atoms in total. The van der Waals surface area contributed by atoms with Crippen molar-refractivity contribution < 1.29 is 14.4 Å². The number of anilines is 2. The summed E-state index contributed by atoms with van der Waals surface area (Å²) in [5, 5.41) is 5.80. The van der Waals surface area contributed by atoms with E-state index < -0.39 is 0 Å². The van der Waals surface area contributed by atoms with Crippen molar-refractivity contribution in [3.8, 4) is 0 Å². The molecule has 1 saturated heterocycles. The minimum atomic E-state index is -0.376. The van der Waals surface area contributed by atoms with Gasteiger partial charge in [0.05, 0.1) is 5.92 Å². The smallest absolute Gasteiger partial charge is 0.227 e. The lowest BCUT2D eigenvalue weighted by Crippen LogP contribution is -2.32. The monoisotopic (exact) mass is 421 g/mol. The van der Waals surface area contributed by atoms with Crippen LogP contribution in [-0.2, 0) is 20.9 Å². The van der Waals surface area contributed by atoms with Crippen molar-refractivity contribution in [1.29, 1.82) is 0 Å². The maximum Gasteiger partial charge on any atom is 0.227 e. The van der Waals surface area contributed by atoms with Gasteiger partial charge in [0.25, 0.3) is 0 Å². The van der Waals surface area contributed by atoms with E-state index in [0.717, 1.165) is 11.3 Å². The van der Waals surface area contributed by atoms with E-state index in [1.165, 1.54) is 5.56 Å². The number of rotatable bonds is 7. The third kappa shape index (κ3) is 5.72. The molecule has 0 radical (unpaired) electrons. The SMILES string of the molecule is CC(C)C(=O)Nc1cccc(CNC(=O)[C@@H]2CC(=O)N(c3cccc(C(C)C)c3)C2)c1. The molecule has 1 heterocycles. The average molecular weight is 422 g/mol. The first-order chi connectivity index (χ1) is 14.7. The Hall–Kier alpha value is -3.15. The van der Waals surface area contributed by atoms with E-state index in [-0.39, 0.29) is 36.0 Å². The van der Waals surface area contributed by atoms with Crippen molar-refractivity contribution in [1.82, 2.24) is 5.32 Å². The van der Waals surface area contributed by atoms with Crippen LogP contribution in [-0.4, -0.2) is 24.3 Å². The molecule has 0 bridgehead atoms. The summed E-state index contributed by atoms with van der Waals surface area (Å²) in [6.07, 6.45) is 0.211. The van der Waals surface area contributed by atoms with Gasteiger partial charge < -0.3 is 15.5 Å². The van der Waals surface area contributed by atoms with Crippen molar-refractivity contribution in [2.75, 3.05) is 16.8 Å². The quantitative estimate of drug-likeness (QED) is 0.707. The van der Waals surface area contributed by atoms with Crippen molar-refractivity contribution in [3.63, 3.8) is 0 Å². The lowest BCUT2D eigenvalue weighted by molar-refractivity contribution is -0.126. The van der Waals surface area contributed by atoms with Gasteiger partial charge in [-0.05, 0) is 41.3 Å². The summed E-state index contributed by atoms with van der Waals surface area (Å²) < 4.78 is 0. The Kier molecular flexibility index (Phi) is 7.10. The van der Waals surface area contributed by atoms with Crippen LogP contribution in [0, 0.1) is 11.8 Å². The molecule has 31 heavy (non-hydrogen) atoms. The first-order valence-corrected chi connectivity index (χ1v) is 10.8. The zero-order valence-electron chi connectivity index (χ0n) is 18.6. The van der Waals surface area contributed by atoms with Crippen LogP contribution in [0.1, 0.15) is 51.2 Å². The van der Waals surface area contributed by atoms with Gasteiger partial charge in [-0.15, -0.1) is 0 Å². The van der Waals surface area contributed by atoms with Crippen molar-refractivity contribution in [3.05, 3.63) is 59.7 Å². The fraction of sp³-hybridized carbons (Fsp3) is 0.400. The zero-order chi connectivity index (χ0) is 22.5. The zero-order valence-corrected chi connectivity index (χ0v) is 18.6. The predicted octanol–water partition coefficient (Wildman–Crippen LogP) is 4.07. The molecule has 0 aromatic heterocycles. The van der Waals surface area contributed by atoms with Crippen molar-refractivity contribution in [2.24, 2.45) is 11.8 Å². The Morgan fingerprint density at radius 3 is 2.52 bits per heavy atom. The van der Waals surface area contributed by atoms with Crippen LogP contribution in [0.5, 0.6) is 0 Å². The molecule has 164 valence electrons. The minimum absolute atomic E-state index is 0.0283. The summed E-state index contributed by atoms with van der Waals surface area (Å²) in [7, 11) is 0. The van der Waals surface area contributed by atoms with E-state index >= 15 is 0 Å². The second-order valence-corrected chi connectivity index (χ2v) is 8.72. The average Bonchev–Trinajstić information content (AvgIpc) is 3.14. The van der Waals surface area contributed by atoms with Crippen LogP contribution in [0.25, 0.3) is 0 Å². The number of carbonyl (C=O) groups excluding carboxylic acids is 3. The Morgan fingerprint density at radius 1 is 1.06 bits per heavy atom. The number of hydrogen-bond donors (Lipinski definition) is 2. The number of nitrogens with one attached hydrogen (secondary N) is 2. The molecule has 0 spiro atoms. The topological polar surface area (TPSA) is 78.5 Å². The molecule has 0 saturated carbocycles. The van der Waals surface area contributed by atoms with E-state index in [1.807, 2.05) is 56.3 Å². The third-order valence-corrected chi connectivity index (χ3v) is 5.53. The number of benzene rings is 2. The summed E-state index contributed by atoms with van der Waals surface area (Å²) in [5.41, 5.74) is 3.61. The highest BCUT2D eigenvalue weighted by Gasteiger charge is 2.35. The molecule has 0 aliphatic carbocycles. The Balaban J connectivity index is 1.59. The minimum Gasteiger partial charge on any atom is -0.352 e. The molecule has 1 aliphatic heterocycles. The highest BCUT2D eigenvalue weighted by Crippen LogP contribution is 2.28. The Morgan fingerprint density at radius 2 is 1.81 bits per heavy atom. The molecule has 3 rings (SSSR count). The van der Waals surface area contributed by atoms with E-state index in [9.17, 15) is 14.4 Å². The second kappa shape index (κ2) is 9.77. The molecule has 1 aliphatic rings. The highest BCUT2D eigenvalue weighted by atomic mass is 16.2. The Labute approximate surface area is 184 Å². The maximum atomic E-state index is 12.7. The van der Waals surface area contributed by atoms with Gasteiger partial charge in [0.1, 0.15) is 0 Å². The van der Waals surface area contributed by atoms with Crippen molar-refractivity contribution >= 4 is 29.1 Å². The molecule has 2 aromatic rings. The first kappa shape index (κ1) is 22.5. The first-order valence-electron chi connectivity index (χ1n) is 10.8. The number of nitrogens with zero attached hydrogens (tertiary/aromatic N) is 1.